The number of nitrogens with one attached hydrogen (secondary N) is 2. The highest BCUT2D eigenvalue weighted by molar-refractivity contribution is 6.07. The van der Waals surface area contributed by atoms with Crippen molar-refractivity contribution in [3.8, 4) is 11.3 Å². The van der Waals surface area contributed by atoms with Gasteiger partial charge in [-0.15, -0.1) is 0 Å². The van der Waals surface area contributed by atoms with Crippen molar-refractivity contribution in [3.63, 3.8) is 0 Å². The van der Waals surface area contributed by atoms with Crippen LogP contribution in [0.25, 0.3) is 22.2 Å². The van der Waals surface area contributed by atoms with Crippen LogP contribution < -0.4 is 10.6 Å². The van der Waals surface area contributed by atoms with Crippen molar-refractivity contribution >= 4 is 16.8 Å². The smallest absolute Gasteiger partial charge is 0.252 e. The van der Waals surface area contributed by atoms with Gasteiger partial charge in [-0.05, 0) is 49.9 Å². The van der Waals surface area contributed by atoms with Crippen molar-refractivity contribution in [3.05, 3.63) is 60.4 Å². The lowest BCUT2D eigenvalue weighted by Crippen LogP contribution is -2.48. The molecule has 2 fully saturated rings. The van der Waals surface area contributed by atoms with Crippen molar-refractivity contribution in [2.24, 2.45) is 0 Å². The molecule has 27 heavy (non-hydrogen) atoms. The van der Waals surface area contributed by atoms with E-state index in [2.05, 4.69) is 15.6 Å². The van der Waals surface area contributed by atoms with E-state index < -0.39 is 0 Å². The van der Waals surface area contributed by atoms with Crippen LogP contribution >= 0.6 is 0 Å². The van der Waals surface area contributed by atoms with Crippen LogP contribution in [-0.4, -0.2) is 34.0 Å². The maximum atomic E-state index is 13.2. The fourth-order valence-electron chi connectivity index (χ4n) is 4.47. The molecule has 1 amide bonds. The fourth-order valence-corrected chi connectivity index (χ4v) is 4.47. The summed E-state index contributed by atoms with van der Waals surface area (Å²) < 4.78 is 0. The monoisotopic (exact) mass is 358 g/mol. The highest BCUT2D eigenvalue weighted by Gasteiger charge is 2.34. The number of piperidine rings is 1. The van der Waals surface area contributed by atoms with E-state index in [9.17, 15) is 4.79 Å². The molecular formula is C22H22N4O. The SMILES string of the molecule is O=C(NC1CC2CCC(C1)N2)c1cc(-c2ccncc2)nc2ccccc12. The molecule has 4 heterocycles. The number of carbonyl (C=O) groups is 1. The Morgan fingerprint density at radius 2 is 1.78 bits per heavy atom. The summed E-state index contributed by atoms with van der Waals surface area (Å²) in [5.41, 5.74) is 3.29. The molecule has 0 radical (unpaired) electrons. The van der Waals surface area contributed by atoms with Gasteiger partial charge in [-0.2, -0.15) is 0 Å². The van der Waals surface area contributed by atoms with Gasteiger partial charge in [-0.25, -0.2) is 4.98 Å². The number of rotatable bonds is 3. The minimum Gasteiger partial charge on any atom is -0.349 e. The van der Waals surface area contributed by atoms with Crippen molar-refractivity contribution < 1.29 is 4.79 Å². The molecule has 1 aromatic carbocycles. The first-order valence-corrected chi connectivity index (χ1v) is 9.63. The Balaban J connectivity index is 1.50. The van der Waals surface area contributed by atoms with Gasteiger partial charge in [0.15, 0.2) is 0 Å². The lowest BCUT2D eigenvalue weighted by atomic mass is 9.98. The summed E-state index contributed by atoms with van der Waals surface area (Å²) in [4.78, 5) is 22.0. The Kier molecular flexibility index (Phi) is 4.09. The Morgan fingerprint density at radius 3 is 2.56 bits per heavy atom. The van der Waals surface area contributed by atoms with E-state index in [1.807, 2.05) is 42.5 Å². The number of aromatic nitrogens is 2. The first-order valence-electron chi connectivity index (χ1n) is 9.63. The summed E-state index contributed by atoms with van der Waals surface area (Å²) in [5, 5.41) is 7.81. The highest BCUT2D eigenvalue weighted by Crippen LogP contribution is 2.28. The fraction of sp³-hybridized carbons (Fsp3) is 0.318. The molecular weight excluding hydrogens is 336 g/mol. The molecule has 3 aromatic rings. The zero-order valence-electron chi connectivity index (χ0n) is 15.1. The Morgan fingerprint density at radius 1 is 1.04 bits per heavy atom. The predicted octanol–water partition coefficient (Wildman–Crippen LogP) is 3.31. The molecule has 2 unspecified atom stereocenters. The average molecular weight is 358 g/mol. The Bertz CT molecular complexity index is 976. The highest BCUT2D eigenvalue weighted by atomic mass is 16.1. The quantitative estimate of drug-likeness (QED) is 0.754. The van der Waals surface area contributed by atoms with Crippen LogP contribution in [0.3, 0.4) is 0 Å². The van der Waals surface area contributed by atoms with E-state index in [0.29, 0.717) is 17.6 Å². The second-order valence-corrected chi connectivity index (χ2v) is 7.59. The van der Waals surface area contributed by atoms with Gasteiger partial charge in [-0.1, -0.05) is 18.2 Å². The van der Waals surface area contributed by atoms with Gasteiger partial charge >= 0.3 is 0 Å². The molecule has 2 bridgehead atoms. The van der Waals surface area contributed by atoms with E-state index >= 15 is 0 Å². The molecule has 2 N–H and O–H groups in total. The molecule has 2 saturated heterocycles. The molecule has 2 aliphatic heterocycles. The molecule has 2 aliphatic rings. The number of nitrogens with zero attached hydrogens (tertiary/aromatic N) is 2. The summed E-state index contributed by atoms with van der Waals surface area (Å²) in [6.07, 6.45) is 7.97. The topological polar surface area (TPSA) is 66.9 Å². The van der Waals surface area contributed by atoms with Crippen molar-refractivity contribution in [1.82, 2.24) is 20.6 Å². The number of pyridine rings is 2. The van der Waals surface area contributed by atoms with Gasteiger partial charge < -0.3 is 10.6 Å². The van der Waals surface area contributed by atoms with Crippen LogP contribution in [0, 0.1) is 0 Å². The van der Waals surface area contributed by atoms with E-state index in [1.54, 1.807) is 12.4 Å². The third kappa shape index (κ3) is 3.19. The van der Waals surface area contributed by atoms with Crippen molar-refractivity contribution in [1.29, 1.82) is 0 Å². The van der Waals surface area contributed by atoms with E-state index in [4.69, 9.17) is 4.98 Å². The summed E-state index contributed by atoms with van der Waals surface area (Å²) in [7, 11) is 0. The number of fused-ring (bicyclic) bond motifs is 3. The number of carbonyl (C=O) groups excluding carboxylic acids is 1. The molecule has 2 atom stereocenters. The lowest BCUT2D eigenvalue weighted by molar-refractivity contribution is 0.0925. The van der Waals surface area contributed by atoms with Crippen LogP contribution in [0.15, 0.2) is 54.9 Å². The van der Waals surface area contributed by atoms with Crippen LogP contribution in [0.5, 0.6) is 0 Å². The third-order valence-corrected chi connectivity index (χ3v) is 5.75. The number of benzene rings is 1. The molecule has 2 aromatic heterocycles. The van der Waals surface area contributed by atoms with Crippen molar-refractivity contribution in [2.75, 3.05) is 0 Å². The second kappa shape index (κ2) is 6.74. The zero-order valence-corrected chi connectivity index (χ0v) is 15.1. The van der Waals surface area contributed by atoms with Gasteiger partial charge in [0.2, 0.25) is 0 Å². The van der Waals surface area contributed by atoms with E-state index in [-0.39, 0.29) is 11.9 Å². The standard InChI is InChI=1S/C22H22N4O/c27-22(25-17-11-15-5-6-16(12-17)24-15)19-13-21(14-7-9-23-10-8-14)26-20-4-2-1-3-18(19)20/h1-4,7-10,13,15-17,24H,5-6,11-12H2,(H,25,27). The molecule has 5 heteroatoms. The normalized spacial score (nSPS) is 24.1. The van der Waals surface area contributed by atoms with E-state index in [0.717, 1.165) is 35.0 Å². The molecule has 0 saturated carbocycles. The van der Waals surface area contributed by atoms with E-state index in [1.165, 1.54) is 12.8 Å². The Hall–Kier alpha value is -2.79. The maximum absolute atomic E-state index is 13.2. The summed E-state index contributed by atoms with van der Waals surface area (Å²) in [5.74, 6) is -0.00444. The number of hydrogen-bond acceptors (Lipinski definition) is 4. The van der Waals surface area contributed by atoms with Crippen LogP contribution in [0.4, 0.5) is 0 Å². The van der Waals surface area contributed by atoms with Crippen LogP contribution in [0.1, 0.15) is 36.0 Å². The minimum absolute atomic E-state index is 0.00444. The third-order valence-electron chi connectivity index (χ3n) is 5.75. The predicted molar refractivity (Wildman–Crippen MR) is 105 cm³/mol. The summed E-state index contributed by atoms with van der Waals surface area (Å²) in [6.45, 7) is 0. The number of amides is 1. The van der Waals surface area contributed by atoms with Gasteiger partial charge in [0.05, 0.1) is 16.8 Å². The molecule has 0 spiro atoms. The van der Waals surface area contributed by atoms with Gasteiger partial charge in [0.1, 0.15) is 0 Å². The average Bonchev–Trinajstić information content (AvgIpc) is 3.06. The maximum Gasteiger partial charge on any atom is 0.252 e. The summed E-state index contributed by atoms with van der Waals surface area (Å²) >= 11 is 0. The van der Waals surface area contributed by atoms with Gasteiger partial charge in [0, 0.05) is 41.5 Å². The minimum atomic E-state index is -0.00444. The Labute approximate surface area is 158 Å². The summed E-state index contributed by atoms with van der Waals surface area (Å²) in [6, 6.07) is 14.9. The first-order chi connectivity index (χ1) is 13.3. The van der Waals surface area contributed by atoms with Crippen LogP contribution in [0.2, 0.25) is 0 Å². The number of hydrogen-bond donors (Lipinski definition) is 2. The zero-order chi connectivity index (χ0) is 18.2. The van der Waals surface area contributed by atoms with Gasteiger partial charge in [0.25, 0.3) is 5.91 Å². The van der Waals surface area contributed by atoms with Crippen molar-refractivity contribution in [2.45, 2.75) is 43.8 Å². The molecule has 0 aliphatic carbocycles. The van der Waals surface area contributed by atoms with Gasteiger partial charge in [-0.3, -0.25) is 9.78 Å². The number of para-hydroxylation sites is 1. The first kappa shape index (κ1) is 16.4. The van der Waals surface area contributed by atoms with Crippen LogP contribution in [-0.2, 0) is 0 Å². The largest absolute Gasteiger partial charge is 0.349 e. The molecule has 136 valence electrons. The lowest BCUT2D eigenvalue weighted by Gasteiger charge is -2.29. The molecule has 5 rings (SSSR count). The molecule has 5 nitrogen and oxygen atoms in total. The second-order valence-electron chi connectivity index (χ2n) is 7.59.